The lowest BCUT2D eigenvalue weighted by atomic mass is 9.95. The van der Waals surface area contributed by atoms with E-state index >= 15 is 0 Å². The van der Waals surface area contributed by atoms with Crippen molar-refractivity contribution in [2.75, 3.05) is 26.7 Å². The molecule has 1 aliphatic rings. The number of para-hydroxylation sites is 1. The number of methoxy groups -OCH3 is 1. The Bertz CT molecular complexity index is 478. The van der Waals surface area contributed by atoms with E-state index in [0.29, 0.717) is 19.0 Å². The summed E-state index contributed by atoms with van der Waals surface area (Å²) in [6.07, 6.45) is 0.959. The summed E-state index contributed by atoms with van der Waals surface area (Å²) in [6.45, 7) is 4.86. The number of ether oxygens (including phenoxy) is 1. The zero-order chi connectivity index (χ0) is 15.2. The number of nitrogens with two attached hydrogens (primary N) is 1. The Morgan fingerprint density at radius 3 is 2.95 bits per heavy atom. The van der Waals surface area contributed by atoms with Crippen LogP contribution < -0.4 is 15.8 Å². The van der Waals surface area contributed by atoms with E-state index in [2.05, 4.69) is 17.1 Å². The topological polar surface area (TPSA) is 67.6 Å². The van der Waals surface area contributed by atoms with E-state index in [4.69, 9.17) is 10.5 Å². The van der Waals surface area contributed by atoms with Gasteiger partial charge in [-0.15, -0.1) is 0 Å². The lowest BCUT2D eigenvalue weighted by Gasteiger charge is -2.34. The zero-order valence-corrected chi connectivity index (χ0v) is 12.8. The van der Waals surface area contributed by atoms with E-state index in [0.717, 1.165) is 30.8 Å². The molecule has 1 fully saturated rings. The first-order valence-corrected chi connectivity index (χ1v) is 7.46. The van der Waals surface area contributed by atoms with Crippen molar-refractivity contribution >= 4 is 5.91 Å². The predicted octanol–water partition coefficient (Wildman–Crippen LogP) is 0.981. The van der Waals surface area contributed by atoms with E-state index in [9.17, 15) is 4.79 Å². The van der Waals surface area contributed by atoms with Crippen molar-refractivity contribution in [3.8, 4) is 5.75 Å². The van der Waals surface area contributed by atoms with E-state index < -0.39 is 0 Å². The van der Waals surface area contributed by atoms with Crippen LogP contribution in [0.3, 0.4) is 0 Å². The van der Waals surface area contributed by atoms with Crippen LogP contribution in [0.1, 0.15) is 18.9 Å². The summed E-state index contributed by atoms with van der Waals surface area (Å²) in [7, 11) is 1.64. The number of benzene rings is 1. The molecule has 5 nitrogen and oxygen atoms in total. The third-order valence-corrected chi connectivity index (χ3v) is 4.09. The molecular weight excluding hydrogens is 266 g/mol. The smallest absolute Gasteiger partial charge is 0.234 e. The Kier molecular flexibility index (Phi) is 5.59. The van der Waals surface area contributed by atoms with Crippen molar-refractivity contribution < 1.29 is 9.53 Å². The minimum Gasteiger partial charge on any atom is -0.496 e. The lowest BCUT2D eigenvalue weighted by Crippen LogP contribution is -2.48. The van der Waals surface area contributed by atoms with Crippen LogP contribution in [0.2, 0.25) is 0 Å². The molecule has 0 radical (unpaired) electrons. The summed E-state index contributed by atoms with van der Waals surface area (Å²) in [6, 6.07) is 7.98. The molecule has 116 valence electrons. The summed E-state index contributed by atoms with van der Waals surface area (Å²) in [5.41, 5.74) is 6.99. The van der Waals surface area contributed by atoms with Crippen molar-refractivity contribution in [3.63, 3.8) is 0 Å². The zero-order valence-electron chi connectivity index (χ0n) is 12.8. The number of nitrogens with one attached hydrogen (secondary N) is 1. The van der Waals surface area contributed by atoms with Gasteiger partial charge in [-0.05, 0) is 18.4 Å². The predicted molar refractivity (Wildman–Crippen MR) is 83.0 cm³/mol. The van der Waals surface area contributed by atoms with E-state index in [1.54, 1.807) is 7.11 Å². The molecule has 0 aromatic heterocycles. The quantitative estimate of drug-likeness (QED) is 0.848. The lowest BCUT2D eigenvalue weighted by molar-refractivity contribution is -0.122. The molecule has 1 aliphatic heterocycles. The first-order valence-electron chi connectivity index (χ1n) is 7.46. The van der Waals surface area contributed by atoms with Gasteiger partial charge in [-0.3, -0.25) is 9.69 Å². The third-order valence-electron chi connectivity index (χ3n) is 4.09. The molecule has 3 N–H and O–H groups in total. The van der Waals surface area contributed by atoms with Crippen LogP contribution >= 0.6 is 0 Å². The molecule has 0 saturated carbocycles. The number of rotatable bonds is 5. The first kappa shape index (κ1) is 15.8. The summed E-state index contributed by atoms with van der Waals surface area (Å²) in [4.78, 5) is 14.2. The second kappa shape index (κ2) is 7.43. The molecule has 1 heterocycles. The molecule has 0 aliphatic carbocycles. The minimum atomic E-state index is 0.0450. The number of amides is 1. The molecular formula is C16H25N3O2. The van der Waals surface area contributed by atoms with Gasteiger partial charge in [-0.1, -0.05) is 25.1 Å². The van der Waals surface area contributed by atoms with Crippen LogP contribution in [0.5, 0.6) is 5.75 Å². The van der Waals surface area contributed by atoms with Crippen LogP contribution in [0.15, 0.2) is 24.3 Å². The Hall–Kier alpha value is -1.59. The maximum absolute atomic E-state index is 12.0. The van der Waals surface area contributed by atoms with E-state index in [1.807, 2.05) is 24.3 Å². The van der Waals surface area contributed by atoms with Crippen molar-refractivity contribution in [2.45, 2.75) is 25.9 Å². The van der Waals surface area contributed by atoms with Crippen LogP contribution in [-0.4, -0.2) is 43.6 Å². The minimum absolute atomic E-state index is 0.0450. The third kappa shape index (κ3) is 4.44. The molecule has 1 aromatic rings. The van der Waals surface area contributed by atoms with E-state index in [1.165, 1.54) is 0 Å². The highest BCUT2D eigenvalue weighted by molar-refractivity contribution is 5.78. The van der Waals surface area contributed by atoms with Gasteiger partial charge >= 0.3 is 0 Å². The fourth-order valence-electron chi connectivity index (χ4n) is 2.70. The van der Waals surface area contributed by atoms with Gasteiger partial charge in [0.25, 0.3) is 0 Å². The summed E-state index contributed by atoms with van der Waals surface area (Å²) < 4.78 is 5.28. The highest BCUT2D eigenvalue weighted by Crippen LogP contribution is 2.17. The number of nitrogens with zero attached hydrogens (tertiary/aromatic N) is 1. The highest BCUT2D eigenvalue weighted by atomic mass is 16.5. The maximum atomic E-state index is 12.0. The SMILES string of the molecule is COc1ccccc1CNC(=O)CN1CCC(N)C(C)C1. The Labute approximate surface area is 126 Å². The fraction of sp³-hybridized carbons (Fsp3) is 0.562. The van der Waals surface area contributed by atoms with E-state index in [-0.39, 0.29) is 11.9 Å². The number of hydrogen-bond acceptors (Lipinski definition) is 4. The summed E-state index contributed by atoms with van der Waals surface area (Å²) in [5.74, 6) is 1.29. The van der Waals surface area contributed by atoms with Gasteiger partial charge in [0.1, 0.15) is 5.75 Å². The normalized spacial score (nSPS) is 22.8. The fourth-order valence-corrected chi connectivity index (χ4v) is 2.70. The van der Waals surface area contributed by atoms with Gasteiger partial charge in [0.15, 0.2) is 0 Å². The average molecular weight is 291 g/mol. The Morgan fingerprint density at radius 1 is 1.48 bits per heavy atom. The largest absolute Gasteiger partial charge is 0.496 e. The van der Waals surface area contributed by atoms with Gasteiger partial charge in [0, 0.05) is 31.2 Å². The number of likely N-dealkylation sites (tertiary alicyclic amines) is 1. The number of piperidine rings is 1. The van der Waals surface area contributed by atoms with Crippen LogP contribution in [-0.2, 0) is 11.3 Å². The van der Waals surface area contributed by atoms with Crippen molar-refractivity contribution in [3.05, 3.63) is 29.8 Å². The molecule has 2 rings (SSSR count). The van der Waals surface area contributed by atoms with Gasteiger partial charge in [-0.2, -0.15) is 0 Å². The highest BCUT2D eigenvalue weighted by Gasteiger charge is 2.24. The molecule has 21 heavy (non-hydrogen) atoms. The molecule has 2 unspecified atom stereocenters. The molecule has 5 heteroatoms. The number of hydrogen-bond donors (Lipinski definition) is 2. The van der Waals surface area contributed by atoms with Crippen molar-refractivity contribution in [2.24, 2.45) is 11.7 Å². The second-order valence-corrected chi connectivity index (χ2v) is 5.75. The summed E-state index contributed by atoms with van der Waals surface area (Å²) >= 11 is 0. The van der Waals surface area contributed by atoms with Crippen molar-refractivity contribution in [1.82, 2.24) is 10.2 Å². The monoisotopic (exact) mass is 291 g/mol. The van der Waals surface area contributed by atoms with Crippen LogP contribution in [0.25, 0.3) is 0 Å². The average Bonchev–Trinajstić information content (AvgIpc) is 2.49. The Balaban J connectivity index is 1.80. The molecule has 1 saturated heterocycles. The Morgan fingerprint density at radius 2 is 2.24 bits per heavy atom. The molecule has 1 aromatic carbocycles. The van der Waals surface area contributed by atoms with Gasteiger partial charge < -0.3 is 15.8 Å². The number of carbonyl (C=O) groups excluding carboxylic acids is 1. The second-order valence-electron chi connectivity index (χ2n) is 5.75. The number of carbonyl (C=O) groups is 1. The molecule has 2 atom stereocenters. The van der Waals surface area contributed by atoms with Crippen molar-refractivity contribution in [1.29, 1.82) is 0 Å². The van der Waals surface area contributed by atoms with Crippen LogP contribution in [0.4, 0.5) is 0 Å². The maximum Gasteiger partial charge on any atom is 0.234 e. The van der Waals surface area contributed by atoms with Gasteiger partial charge in [0.2, 0.25) is 5.91 Å². The van der Waals surface area contributed by atoms with Gasteiger partial charge in [-0.25, -0.2) is 0 Å². The standard InChI is InChI=1S/C16H25N3O2/c1-12-10-19(8-7-14(12)17)11-16(20)18-9-13-5-3-4-6-15(13)21-2/h3-6,12,14H,7-11,17H2,1-2H3,(H,18,20). The summed E-state index contributed by atoms with van der Waals surface area (Å²) in [5, 5.41) is 2.96. The molecule has 1 amide bonds. The van der Waals surface area contributed by atoms with Crippen LogP contribution in [0, 0.1) is 5.92 Å². The molecule has 0 bridgehead atoms. The molecule has 0 spiro atoms. The first-order chi connectivity index (χ1) is 10.1. The van der Waals surface area contributed by atoms with Gasteiger partial charge in [0.05, 0.1) is 13.7 Å².